The Morgan fingerprint density at radius 3 is 2.95 bits per heavy atom. The standard InChI is InChI=1S/C17H17NO2/c1-18-8-7-10-3-2-4-12-15(10)13(18)9-11-5-6-14(19)17(20)16(11)12/h2-6,10,19-20H,7-9H2,1H3. The summed E-state index contributed by atoms with van der Waals surface area (Å²) in [5.74, 6) is 0.419. The quantitative estimate of drug-likeness (QED) is 0.710. The zero-order valence-corrected chi connectivity index (χ0v) is 11.4. The third-order valence-corrected chi connectivity index (χ3v) is 4.68. The highest BCUT2D eigenvalue weighted by molar-refractivity contribution is 5.90. The van der Waals surface area contributed by atoms with Crippen LogP contribution in [0.2, 0.25) is 0 Å². The molecule has 1 unspecified atom stereocenters. The van der Waals surface area contributed by atoms with Gasteiger partial charge in [0.15, 0.2) is 11.5 Å². The maximum atomic E-state index is 10.3. The summed E-state index contributed by atoms with van der Waals surface area (Å²) in [6.45, 7) is 1.07. The van der Waals surface area contributed by atoms with Crippen LogP contribution in [0.3, 0.4) is 0 Å². The van der Waals surface area contributed by atoms with Gasteiger partial charge in [0.2, 0.25) is 0 Å². The summed E-state index contributed by atoms with van der Waals surface area (Å²) in [5.41, 5.74) is 5.67. The fourth-order valence-electron chi connectivity index (χ4n) is 3.65. The van der Waals surface area contributed by atoms with E-state index in [-0.39, 0.29) is 11.5 Å². The van der Waals surface area contributed by atoms with Crippen LogP contribution in [0.5, 0.6) is 11.5 Å². The number of benzene rings is 1. The van der Waals surface area contributed by atoms with E-state index < -0.39 is 0 Å². The van der Waals surface area contributed by atoms with E-state index >= 15 is 0 Å². The van der Waals surface area contributed by atoms with Crippen LogP contribution in [0, 0.1) is 5.92 Å². The van der Waals surface area contributed by atoms with Gasteiger partial charge in [-0.3, -0.25) is 0 Å². The van der Waals surface area contributed by atoms with E-state index in [1.165, 1.54) is 11.3 Å². The minimum Gasteiger partial charge on any atom is -0.504 e. The van der Waals surface area contributed by atoms with Gasteiger partial charge in [0.25, 0.3) is 0 Å². The maximum absolute atomic E-state index is 10.3. The number of hydrogen-bond donors (Lipinski definition) is 2. The largest absolute Gasteiger partial charge is 0.504 e. The molecule has 0 bridgehead atoms. The number of allylic oxidation sites excluding steroid dienone is 6. The van der Waals surface area contributed by atoms with Crippen molar-refractivity contribution in [2.75, 3.05) is 13.6 Å². The van der Waals surface area contributed by atoms with Gasteiger partial charge < -0.3 is 15.1 Å². The lowest BCUT2D eigenvalue weighted by atomic mass is 9.73. The molecule has 102 valence electrons. The number of aromatic hydroxyl groups is 2. The Morgan fingerprint density at radius 1 is 1.25 bits per heavy atom. The molecule has 0 aromatic heterocycles. The molecule has 1 heterocycles. The summed E-state index contributed by atoms with van der Waals surface area (Å²) in [6, 6.07) is 3.50. The molecule has 0 saturated heterocycles. The van der Waals surface area contributed by atoms with Crippen molar-refractivity contribution in [1.82, 2.24) is 4.90 Å². The lowest BCUT2D eigenvalue weighted by Gasteiger charge is -2.40. The second-order valence-corrected chi connectivity index (χ2v) is 5.79. The molecule has 0 fully saturated rings. The van der Waals surface area contributed by atoms with Crippen LogP contribution in [-0.2, 0) is 6.42 Å². The Balaban J connectivity index is 2.00. The Hall–Kier alpha value is -2.16. The Labute approximate surface area is 118 Å². The molecule has 3 heteroatoms. The summed E-state index contributed by atoms with van der Waals surface area (Å²) in [7, 11) is 2.14. The van der Waals surface area contributed by atoms with Crippen LogP contribution < -0.4 is 0 Å². The van der Waals surface area contributed by atoms with Gasteiger partial charge in [0.05, 0.1) is 0 Å². The molecule has 0 radical (unpaired) electrons. The Bertz CT molecular complexity index is 697. The molecule has 2 N–H and O–H groups in total. The molecule has 1 aromatic rings. The highest BCUT2D eigenvalue weighted by Gasteiger charge is 2.35. The number of nitrogens with zero attached hydrogens (tertiary/aromatic N) is 1. The molecular weight excluding hydrogens is 250 g/mol. The van der Waals surface area contributed by atoms with Crippen molar-refractivity contribution in [1.29, 1.82) is 0 Å². The topological polar surface area (TPSA) is 43.7 Å². The number of fused-ring (bicyclic) bond motifs is 2. The van der Waals surface area contributed by atoms with Crippen molar-refractivity contribution in [2.45, 2.75) is 12.8 Å². The first-order chi connectivity index (χ1) is 9.66. The lowest BCUT2D eigenvalue weighted by molar-refractivity contribution is 0.347. The lowest BCUT2D eigenvalue weighted by Crippen LogP contribution is -2.33. The molecule has 3 aliphatic rings. The molecule has 2 aliphatic carbocycles. The van der Waals surface area contributed by atoms with Gasteiger partial charge in [0, 0.05) is 37.2 Å². The highest BCUT2D eigenvalue weighted by atomic mass is 16.3. The summed E-state index contributed by atoms with van der Waals surface area (Å²) in [5, 5.41) is 20.1. The minimum atomic E-state index is -0.0380. The third-order valence-electron chi connectivity index (χ3n) is 4.68. The molecule has 0 amide bonds. The van der Waals surface area contributed by atoms with E-state index in [1.54, 1.807) is 6.07 Å². The number of hydrogen-bond acceptors (Lipinski definition) is 3. The maximum Gasteiger partial charge on any atom is 0.165 e. The molecule has 20 heavy (non-hydrogen) atoms. The van der Waals surface area contributed by atoms with Crippen molar-refractivity contribution in [3.05, 3.63) is 52.8 Å². The van der Waals surface area contributed by atoms with E-state index in [9.17, 15) is 10.2 Å². The molecule has 3 nitrogen and oxygen atoms in total. The minimum absolute atomic E-state index is 0.0163. The van der Waals surface area contributed by atoms with E-state index in [2.05, 4.69) is 30.2 Å². The second-order valence-electron chi connectivity index (χ2n) is 5.79. The highest BCUT2D eigenvalue weighted by Crippen LogP contribution is 2.49. The van der Waals surface area contributed by atoms with Crippen molar-refractivity contribution < 1.29 is 10.2 Å². The molecular formula is C17H17NO2. The van der Waals surface area contributed by atoms with Crippen LogP contribution in [0.15, 0.2) is 41.6 Å². The SMILES string of the molecule is CN1CCC2C=CC=C3C2=C1Cc1ccc(O)c(O)c13. The predicted octanol–water partition coefficient (Wildman–Crippen LogP) is 2.81. The summed E-state index contributed by atoms with van der Waals surface area (Å²) in [4.78, 5) is 2.33. The van der Waals surface area contributed by atoms with E-state index in [4.69, 9.17) is 0 Å². The first kappa shape index (κ1) is 11.6. The van der Waals surface area contributed by atoms with Crippen LogP contribution in [0.4, 0.5) is 0 Å². The van der Waals surface area contributed by atoms with Crippen LogP contribution in [-0.4, -0.2) is 28.7 Å². The van der Waals surface area contributed by atoms with Crippen molar-refractivity contribution in [3.8, 4) is 11.5 Å². The number of phenolic OH excluding ortho intramolecular Hbond substituents is 2. The number of rotatable bonds is 0. The smallest absolute Gasteiger partial charge is 0.165 e. The zero-order valence-electron chi connectivity index (χ0n) is 11.4. The summed E-state index contributed by atoms with van der Waals surface area (Å²) >= 11 is 0. The van der Waals surface area contributed by atoms with Crippen LogP contribution in [0.25, 0.3) is 5.57 Å². The van der Waals surface area contributed by atoms with Crippen LogP contribution >= 0.6 is 0 Å². The average Bonchev–Trinajstić information content (AvgIpc) is 2.46. The Kier molecular flexibility index (Phi) is 2.28. The van der Waals surface area contributed by atoms with E-state index in [1.807, 2.05) is 6.07 Å². The van der Waals surface area contributed by atoms with Gasteiger partial charge in [-0.1, -0.05) is 24.3 Å². The fraction of sp³-hybridized carbons (Fsp3) is 0.294. The van der Waals surface area contributed by atoms with E-state index in [0.717, 1.165) is 36.1 Å². The average molecular weight is 267 g/mol. The van der Waals surface area contributed by atoms with Crippen molar-refractivity contribution >= 4 is 5.57 Å². The first-order valence-electron chi connectivity index (χ1n) is 7.04. The van der Waals surface area contributed by atoms with Gasteiger partial charge in [-0.15, -0.1) is 0 Å². The summed E-state index contributed by atoms with van der Waals surface area (Å²) < 4.78 is 0. The van der Waals surface area contributed by atoms with E-state index in [0.29, 0.717) is 5.92 Å². The van der Waals surface area contributed by atoms with Crippen LogP contribution in [0.1, 0.15) is 17.5 Å². The third kappa shape index (κ3) is 1.40. The van der Waals surface area contributed by atoms with Gasteiger partial charge >= 0.3 is 0 Å². The monoisotopic (exact) mass is 267 g/mol. The molecule has 1 atom stereocenters. The molecule has 0 spiro atoms. The molecule has 0 saturated carbocycles. The van der Waals surface area contributed by atoms with Gasteiger partial charge in [-0.25, -0.2) is 0 Å². The fourth-order valence-corrected chi connectivity index (χ4v) is 3.65. The molecule has 1 aliphatic heterocycles. The molecule has 1 aromatic carbocycles. The Morgan fingerprint density at radius 2 is 2.10 bits per heavy atom. The number of phenols is 2. The first-order valence-corrected chi connectivity index (χ1v) is 7.04. The van der Waals surface area contributed by atoms with Gasteiger partial charge in [-0.2, -0.15) is 0 Å². The van der Waals surface area contributed by atoms with Gasteiger partial charge in [0.1, 0.15) is 0 Å². The number of likely N-dealkylation sites (N-methyl/N-ethyl adjacent to an activating group) is 1. The zero-order chi connectivity index (χ0) is 13.9. The van der Waals surface area contributed by atoms with Gasteiger partial charge in [-0.05, 0) is 29.2 Å². The normalized spacial score (nSPS) is 23.4. The second kappa shape index (κ2) is 3.92. The van der Waals surface area contributed by atoms with Crippen molar-refractivity contribution in [2.24, 2.45) is 5.92 Å². The summed E-state index contributed by atoms with van der Waals surface area (Å²) in [6.07, 6.45) is 8.32. The molecule has 4 rings (SSSR count). The van der Waals surface area contributed by atoms with Crippen molar-refractivity contribution in [3.63, 3.8) is 0 Å². The predicted molar refractivity (Wildman–Crippen MR) is 78.4 cm³/mol.